The van der Waals surface area contributed by atoms with E-state index in [-0.39, 0.29) is 16.2 Å². The summed E-state index contributed by atoms with van der Waals surface area (Å²) in [6.45, 7) is -1.95. The maximum Gasteiger partial charge on any atom is 0.387 e. The highest BCUT2D eigenvalue weighted by Gasteiger charge is 2.27. The SMILES string of the molecule is O=C(N/N=C/c1ccc(OC(F)F)cc1)c1cccc(S(=O)(=O)N2CCCC2)c1. The third kappa shape index (κ3) is 5.36. The van der Waals surface area contributed by atoms with Crippen molar-refractivity contribution in [2.24, 2.45) is 5.10 Å². The van der Waals surface area contributed by atoms with Gasteiger partial charge in [-0.3, -0.25) is 4.79 Å². The van der Waals surface area contributed by atoms with Crippen LogP contribution < -0.4 is 10.2 Å². The topological polar surface area (TPSA) is 88.1 Å². The van der Waals surface area contributed by atoms with Crippen LogP contribution in [0.5, 0.6) is 5.75 Å². The van der Waals surface area contributed by atoms with Gasteiger partial charge in [0.25, 0.3) is 5.91 Å². The molecule has 7 nitrogen and oxygen atoms in total. The number of nitrogens with one attached hydrogen (secondary N) is 1. The molecule has 29 heavy (non-hydrogen) atoms. The number of hydrazone groups is 1. The molecule has 0 unspecified atom stereocenters. The Balaban J connectivity index is 1.64. The molecule has 154 valence electrons. The zero-order valence-corrected chi connectivity index (χ0v) is 16.1. The molecule has 0 saturated carbocycles. The fourth-order valence-electron chi connectivity index (χ4n) is 2.84. The van der Waals surface area contributed by atoms with E-state index in [0.717, 1.165) is 12.8 Å². The molecule has 1 N–H and O–H groups in total. The second-order valence-corrected chi connectivity index (χ2v) is 8.22. The van der Waals surface area contributed by atoms with Gasteiger partial charge >= 0.3 is 6.61 Å². The largest absolute Gasteiger partial charge is 0.435 e. The van der Waals surface area contributed by atoms with Crippen LogP contribution in [-0.4, -0.2) is 44.5 Å². The molecule has 1 saturated heterocycles. The first-order chi connectivity index (χ1) is 13.9. The molecular weight excluding hydrogens is 404 g/mol. The minimum atomic E-state index is -3.62. The molecule has 0 bridgehead atoms. The molecule has 1 fully saturated rings. The summed E-state index contributed by atoms with van der Waals surface area (Å²) in [5.74, 6) is -0.561. The molecule has 0 aromatic heterocycles. The molecule has 1 amide bonds. The van der Waals surface area contributed by atoms with Gasteiger partial charge in [0.1, 0.15) is 5.75 Å². The van der Waals surface area contributed by atoms with Crippen LogP contribution in [0.4, 0.5) is 8.78 Å². The molecule has 0 aliphatic carbocycles. The van der Waals surface area contributed by atoms with Gasteiger partial charge < -0.3 is 4.74 Å². The predicted octanol–water partition coefficient (Wildman–Crippen LogP) is 2.84. The Bertz CT molecular complexity index is 989. The molecule has 0 spiro atoms. The lowest BCUT2D eigenvalue weighted by Gasteiger charge is -2.15. The molecule has 1 heterocycles. The van der Waals surface area contributed by atoms with Crippen molar-refractivity contribution in [2.75, 3.05) is 13.1 Å². The number of carbonyl (C=O) groups excluding carboxylic acids is 1. The summed E-state index contributed by atoms with van der Waals surface area (Å²) in [5.41, 5.74) is 3.02. The maximum absolute atomic E-state index is 12.6. The Kier molecular flexibility index (Phi) is 6.55. The average molecular weight is 423 g/mol. The molecule has 1 aliphatic rings. The van der Waals surface area contributed by atoms with Crippen LogP contribution >= 0.6 is 0 Å². The number of rotatable bonds is 7. The van der Waals surface area contributed by atoms with Crippen molar-refractivity contribution in [3.8, 4) is 5.75 Å². The van der Waals surface area contributed by atoms with E-state index in [0.29, 0.717) is 18.7 Å². The molecule has 0 atom stereocenters. The number of ether oxygens (including phenoxy) is 1. The van der Waals surface area contributed by atoms with Crippen LogP contribution in [0, 0.1) is 0 Å². The normalized spacial score (nSPS) is 15.1. The van der Waals surface area contributed by atoms with Gasteiger partial charge in [-0.05, 0) is 60.9 Å². The summed E-state index contributed by atoms with van der Waals surface area (Å²) in [4.78, 5) is 12.3. The fraction of sp³-hybridized carbons (Fsp3) is 0.263. The smallest absolute Gasteiger partial charge is 0.387 e. The summed E-state index contributed by atoms with van der Waals surface area (Å²) >= 11 is 0. The summed E-state index contributed by atoms with van der Waals surface area (Å²) in [7, 11) is -3.62. The lowest BCUT2D eigenvalue weighted by Crippen LogP contribution is -2.28. The first kappa shape index (κ1) is 20.9. The number of nitrogens with zero attached hydrogens (tertiary/aromatic N) is 2. The number of halogens is 2. The summed E-state index contributed by atoms with van der Waals surface area (Å²) in [6, 6.07) is 11.5. The van der Waals surface area contributed by atoms with E-state index in [1.807, 2.05) is 0 Å². The van der Waals surface area contributed by atoms with Crippen molar-refractivity contribution in [1.29, 1.82) is 0 Å². The van der Waals surface area contributed by atoms with Crippen LogP contribution in [0.3, 0.4) is 0 Å². The van der Waals surface area contributed by atoms with Gasteiger partial charge in [-0.25, -0.2) is 13.8 Å². The van der Waals surface area contributed by atoms with Gasteiger partial charge in [0, 0.05) is 18.7 Å². The monoisotopic (exact) mass is 423 g/mol. The number of benzene rings is 2. The van der Waals surface area contributed by atoms with Crippen molar-refractivity contribution >= 4 is 22.1 Å². The summed E-state index contributed by atoms with van der Waals surface area (Å²) < 4.78 is 55.1. The van der Waals surface area contributed by atoms with Crippen molar-refractivity contribution in [3.05, 3.63) is 59.7 Å². The summed E-state index contributed by atoms with van der Waals surface area (Å²) in [6.07, 6.45) is 2.97. The van der Waals surface area contributed by atoms with Crippen LogP contribution in [-0.2, 0) is 10.0 Å². The van der Waals surface area contributed by atoms with E-state index in [9.17, 15) is 22.0 Å². The van der Waals surface area contributed by atoms with E-state index in [1.54, 1.807) is 0 Å². The van der Waals surface area contributed by atoms with Gasteiger partial charge in [0.05, 0.1) is 11.1 Å². The van der Waals surface area contributed by atoms with Gasteiger partial charge in [-0.1, -0.05) is 6.07 Å². The van der Waals surface area contributed by atoms with Crippen LogP contribution in [0.2, 0.25) is 0 Å². The molecule has 3 rings (SSSR count). The molecule has 1 aliphatic heterocycles. The lowest BCUT2D eigenvalue weighted by atomic mass is 10.2. The number of amides is 1. The Morgan fingerprint density at radius 2 is 1.83 bits per heavy atom. The van der Waals surface area contributed by atoms with Crippen LogP contribution in [0.15, 0.2) is 58.5 Å². The van der Waals surface area contributed by atoms with Crippen molar-refractivity contribution in [2.45, 2.75) is 24.3 Å². The van der Waals surface area contributed by atoms with Gasteiger partial charge in [0.2, 0.25) is 10.0 Å². The first-order valence-electron chi connectivity index (χ1n) is 8.85. The quantitative estimate of drug-likeness (QED) is 0.548. The van der Waals surface area contributed by atoms with Gasteiger partial charge in [-0.15, -0.1) is 0 Å². The Labute approximate surface area is 167 Å². The number of sulfonamides is 1. The van der Waals surface area contributed by atoms with Crippen molar-refractivity contribution in [3.63, 3.8) is 0 Å². The second kappa shape index (κ2) is 9.10. The molecule has 0 radical (unpaired) electrons. The van der Waals surface area contributed by atoms with Gasteiger partial charge in [0.15, 0.2) is 0 Å². The number of carbonyl (C=O) groups is 1. The zero-order valence-electron chi connectivity index (χ0n) is 15.3. The Morgan fingerprint density at radius 3 is 2.48 bits per heavy atom. The first-order valence-corrected chi connectivity index (χ1v) is 10.3. The van der Waals surface area contributed by atoms with E-state index >= 15 is 0 Å². The van der Waals surface area contributed by atoms with E-state index in [1.165, 1.54) is 59.1 Å². The van der Waals surface area contributed by atoms with Crippen molar-refractivity contribution < 1.29 is 26.7 Å². The van der Waals surface area contributed by atoms with Crippen LogP contribution in [0.1, 0.15) is 28.8 Å². The van der Waals surface area contributed by atoms with Crippen molar-refractivity contribution in [1.82, 2.24) is 9.73 Å². The highest BCUT2D eigenvalue weighted by molar-refractivity contribution is 7.89. The Hall–Kier alpha value is -2.85. The third-order valence-electron chi connectivity index (χ3n) is 4.28. The number of hydrogen-bond acceptors (Lipinski definition) is 5. The van der Waals surface area contributed by atoms with E-state index in [2.05, 4.69) is 15.3 Å². The highest BCUT2D eigenvalue weighted by Crippen LogP contribution is 2.21. The van der Waals surface area contributed by atoms with Crippen LogP contribution in [0.25, 0.3) is 0 Å². The predicted molar refractivity (Wildman–Crippen MR) is 103 cm³/mol. The summed E-state index contributed by atoms with van der Waals surface area (Å²) in [5, 5.41) is 3.80. The fourth-order valence-corrected chi connectivity index (χ4v) is 4.40. The minimum absolute atomic E-state index is 0.0113. The average Bonchev–Trinajstić information content (AvgIpc) is 3.25. The number of alkyl halides is 2. The van der Waals surface area contributed by atoms with E-state index in [4.69, 9.17) is 0 Å². The lowest BCUT2D eigenvalue weighted by molar-refractivity contribution is -0.0498. The number of hydrogen-bond donors (Lipinski definition) is 1. The maximum atomic E-state index is 12.6. The highest BCUT2D eigenvalue weighted by atomic mass is 32.2. The third-order valence-corrected chi connectivity index (χ3v) is 6.18. The zero-order chi connectivity index (χ0) is 20.9. The standard InChI is InChI=1S/C19H19F2N3O4S/c20-19(21)28-16-8-6-14(7-9-16)13-22-23-18(25)15-4-3-5-17(12-15)29(26,27)24-10-1-2-11-24/h3-9,12-13,19H,1-2,10-11H2,(H,23,25)/b22-13+. The van der Waals surface area contributed by atoms with E-state index < -0.39 is 22.5 Å². The second-order valence-electron chi connectivity index (χ2n) is 6.29. The Morgan fingerprint density at radius 1 is 1.14 bits per heavy atom. The minimum Gasteiger partial charge on any atom is -0.435 e. The molecular formula is C19H19F2N3O4S. The molecule has 2 aromatic rings. The van der Waals surface area contributed by atoms with Gasteiger partial charge in [-0.2, -0.15) is 18.2 Å². The molecule has 2 aromatic carbocycles. The molecule has 10 heteroatoms.